The molecule has 0 bridgehead atoms. The third kappa shape index (κ3) is 3.87. The van der Waals surface area contributed by atoms with E-state index < -0.39 is 10.0 Å². The van der Waals surface area contributed by atoms with Crippen molar-refractivity contribution in [3.8, 4) is 0 Å². The first-order valence-electron chi connectivity index (χ1n) is 9.09. The summed E-state index contributed by atoms with van der Waals surface area (Å²) in [4.78, 5) is 18.5. The Bertz CT molecular complexity index is 706. The van der Waals surface area contributed by atoms with Gasteiger partial charge in [-0.3, -0.25) is 9.78 Å². The van der Waals surface area contributed by atoms with E-state index in [-0.39, 0.29) is 17.1 Å². The monoisotopic (exact) mass is 365 g/mol. The van der Waals surface area contributed by atoms with Gasteiger partial charge in [-0.1, -0.05) is 19.9 Å². The minimum absolute atomic E-state index is 0.102. The van der Waals surface area contributed by atoms with Crippen molar-refractivity contribution >= 4 is 15.9 Å². The van der Waals surface area contributed by atoms with Crippen molar-refractivity contribution in [3.05, 3.63) is 30.1 Å². The van der Waals surface area contributed by atoms with Crippen molar-refractivity contribution in [2.75, 3.05) is 26.2 Å². The van der Waals surface area contributed by atoms with Gasteiger partial charge < -0.3 is 4.90 Å². The second kappa shape index (κ2) is 7.41. The molecule has 0 aromatic carbocycles. The van der Waals surface area contributed by atoms with E-state index >= 15 is 0 Å². The van der Waals surface area contributed by atoms with Crippen LogP contribution in [0.15, 0.2) is 24.4 Å². The van der Waals surface area contributed by atoms with Gasteiger partial charge in [0.15, 0.2) is 0 Å². The van der Waals surface area contributed by atoms with Crippen molar-refractivity contribution in [3.63, 3.8) is 0 Å². The summed E-state index contributed by atoms with van der Waals surface area (Å²) in [7, 11) is -3.24. The predicted molar refractivity (Wildman–Crippen MR) is 96.6 cm³/mol. The SMILES string of the molecule is CC(C)CCN1C[C@@H]2CCN(C(=O)c3ccccn3)CC[C@H]2S1(=O)=O. The Morgan fingerprint density at radius 2 is 2.04 bits per heavy atom. The lowest BCUT2D eigenvalue weighted by molar-refractivity contribution is 0.0753. The Hall–Kier alpha value is -1.47. The third-order valence-electron chi connectivity index (χ3n) is 5.29. The molecule has 1 aromatic rings. The molecule has 1 amide bonds. The molecule has 2 aliphatic heterocycles. The fourth-order valence-electron chi connectivity index (χ4n) is 3.77. The molecular formula is C18H27N3O3S. The fraction of sp³-hybridized carbons (Fsp3) is 0.667. The van der Waals surface area contributed by atoms with Crippen LogP contribution in [0.3, 0.4) is 0 Å². The number of sulfonamides is 1. The molecule has 0 radical (unpaired) electrons. The first-order chi connectivity index (χ1) is 11.9. The van der Waals surface area contributed by atoms with E-state index in [4.69, 9.17) is 0 Å². The number of hydrogen-bond donors (Lipinski definition) is 0. The minimum Gasteiger partial charge on any atom is -0.337 e. The topological polar surface area (TPSA) is 70.6 Å². The van der Waals surface area contributed by atoms with Crippen LogP contribution in [0.5, 0.6) is 0 Å². The van der Waals surface area contributed by atoms with Gasteiger partial charge in [0.1, 0.15) is 5.69 Å². The predicted octanol–water partition coefficient (Wildman–Crippen LogP) is 1.99. The maximum atomic E-state index is 12.8. The number of amides is 1. The summed E-state index contributed by atoms with van der Waals surface area (Å²) >= 11 is 0. The molecule has 2 fully saturated rings. The summed E-state index contributed by atoms with van der Waals surface area (Å²) in [6.45, 7) is 6.52. The zero-order chi connectivity index (χ0) is 18.0. The molecule has 25 heavy (non-hydrogen) atoms. The summed E-state index contributed by atoms with van der Waals surface area (Å²) in [6, 6.07) is 5.28. The average molecular weight is 365 g/mol. The van der Waals surface area contributed by atoms with Gasteiger partial charge in [0, 0.05) is 32.4 Å². The molecule has 6 nitrogen and oxygen atoms in total. The highest BCUT2D eigenvalue weighted by Gasteiger charge is 2.46. The second-order valence-corrected chi connectivity index (χ2v) is 9.62. The molecule has 0 N–H and O–H groups in total. The maximum absolute atomic E-state index is 12.8. The number of likely N-dealkylation sites (tertiary alicyclic amines) is 1. The van der Waals surface area contributed by atoms with Crippen LogP contribution in [0, 0.1) is 11.8 Å². The minimum atomic E-state index is -3.24. The van der Waals surface area contributed by atoms with Crippen LogP contribution in [0.4, 0.5) is 0 Å². The number of aromatic nitrogens is 1. The van der Waals surface area contributed by atoms with E-state index in [1.54, 1.807) is 33.6 Å². The largest absolute Gasteiger partial charge is 0.337 e. The second-order valence-electron chi connectivity index (χ2n) is 7.47. The van der Waals surface area contributed by atoms with Crippen molar-refractivity contribution in [2.45, 2.75) is 38.4 Å². The number of fused-ring (bicyclic) bond motifs is 1. The Labute approximate surface area is 150 Å². The van der Waals surface area contributed by atoms with Gasteiger partial charge in [-0.15, -0.1) is 0 Å². The van der Waals surface area contributed by atoms with Gasteiger partial charge in [-0.2, -0.15) is 0 Å². The highest BCUT2D eigenvalue weighted by molar-refractivity contribution is 7.90. The van der Waals surface area contributed by atoms with Crippen LogP contribution >= 0.6 is 0 Å². The average Bonchev–Trinajstić information content (AvgIpc) is 2.74. The molecule has 0 spiro atoms. The van der Waals surface area contributed by atoms with E-state index in [0.717, 1.165) is 12.8 Å². The summed E-state index contributed by atoms with van der Waals surface area (Å²) in [5, 5.41) is -0.346. The smallest absolute Gasteiger partial charge is 0.272 e. The molecule has 3 rings (SSSR count). The Balaban J connectivity index is 1.67. The van der Waals surface area contributed by atoms with Crippen LogP contribution in [0.25, 0.3) is 0 Å². The molecule has 7 heteroatoms. The Morgan fingerprint density at radius 1 is 1.28 bits per heavy atom. The van der Waals surface area contributed by atoms with Crippen molar-refractivity contribution in [2.24, 2.45) is 11.8 Å². The summed E-state index contributed by atoms with van der Waals surface area (Å²) < 4.78 is 27.4. The van der Waals surface area contributed by atoms with Crippen LogP contribution < -0.4 is 0 Å². The van der Waals surface area contributed by atoms with Crippen molar-refractivity contribution in [1.29, 1.82) is 0 Å². The highest BCUT2D eigenvalue weighted by Crippen LogP contribution is 2.34. The standard InChI is InChI=1S/C18H27N3O3S/c1-14(2)6-12-21-13-15-7-10-20(11-8-17(15)25(21,23)24)18(22)16-5-3-4-9-19-16/h3-5,9,14-15,17H,6-8,10-13H2,1-2H3/t15-,17+/m0/s1. The lowest BCUT2D eigenvalue weighted by Crippen LogP contribution is -2.35. The molecule has 0 saturated carbocycles. The summed E-state index contributed by atoms with van der Waals surface area (Å²) in [5.74, 6) is 0.514. The van der Waals surface area contributed by atoms with Crippen LogP contribution in [0.1, 0.15) is 43.6 Å². The molecule has 2 saturated heterocycles. The number of carbonyl (C=O) groups excluding carboxylic acids is 1. The molecule has 0 aliphatic carbocycles. The molecule has 138 valence electrons. The van der Waals surface area contributed by atoms with Crippen molar-refractivity contribution < 1.29 is 13.2 Å². The van der Waals surface area contributed by atoms with Gasteiger partial charge in [-0.25, -0.2) is 12.7 Å². The van der Waals surface area contributed by atoms with E-state index in [1.165, 1.54) is 0 Å². The van der Waals surface area contributed by atoms with Gasteiger partial charge in [0.2, 0.25) is 10.0 Å². The van der Waals surface area contributed by atoms with E-state index in [9.17, 15) is 13.2 Å². The maximum Gasteiger partial charge on any atom is 0.272 e. The molecule has 0 unspecified atom stereocenters. The van der Waals surface area contributed by atoms with Gasteiger partial charge in [-0.05, 0) is 43.2 Å². The number of pyridine rings is 1. The number of nitrogens with zero attached hydrogens (tertiary/aromatic N) is 3. The van der Waals surface area contributed by atoms with E-state index in [1.807, 2.05) is 0 Å². The lowest BCUT2D eigenvalue weighted by atomic mass is 10.0. The summed E-state index contributed by atoms with van der Waals surface area (Å²) in [6.07, 6.45) is 3.75. The number of carbonyl (C=O) groups is 1. The zero-order valence-electron chi connectivity index (χ0n) is 15.0. The van der Waals surface area contributed by atoms with Gasteiger partial charge in [0.05, 0.1) is 5.25 Å². The zero-order valence-corrected chi connectivity index (χ0v) is 15.8. The number of hydrogen-bond acceptors (Lipinski definition) is 4. The molecule has 1 aromatic heterocycles. The Kier molecular flexibility index (Phi) is 5.43. The lowest BCUT2D eigenvalue weighted by Gasteiger charge is -2.22. The molecule has 2 atom stereocenters. The van der Waals surface area contributed by atoms with Crippen LogP contribution in [0.2, 0.25) is 0 Å². The van der Waals surface area contributed by atoms with Crippen LogP contribution in [-0.4, -0.2) is 59.9 Å². The summed E-state index contributed by atoms with van der Waals surface area (Å²) in [5.41, 5.74) is 0.427. The highest BCUT2D eigenvalue weighted by atomic mass is 32.2. The van der Waals surface area contributed by atoms with Gasteiger partial charge >= 0.3 is 0 Å². The van der Waals surface area contributed by atoms with E-state index in [2.05, 4.69) is 18.8 Å². The first-order valence-corrected chi connectivity index (χ1v) is 10.6. The fourth-order valence-corrected chi connectivity index (χ4v) is 6.03. The molecular weight excluding hydrogens is 338 g/mol. The van der Waals surface area contributed by atoms with Gasteiger partial charge in [0.25, 0.3) is 5.91 Å². The quantitative estimate of drug-likeness (QED) is 0.818. The third-order valence-corrected chi connectivity index (χ3v) is 7.72. The molecule has 2 aliphatic rings. The van der Waals surface area contributed by atoms with E-state index in [0.29, 0.717) is 44.2 Å². The van der Waals surface area contributed by atoms with Crippen LogP contribution in [-0.2, 0) is 10.0 Å². The molecule has 3 heterocycles. The Morgan fingerprint density at radius 3 is 2.72 bits per heavy atom. The first kappa shape index (κ1) is 18.3. The van der Waals surface area contributed by atoms with Crippen molar-refractivity contribution in [1.82, 2.24) is 14.2 Å². The number of rotatable bonds is 4. The normalized spacial score (nSPS) is 26.4.